The van der Waals surface area contributed by atoms with Crippen molar-refractivity contribution in [3.05, 3.63) is 47.6 Å². The monoisotopic (exact) mass is 271 g/mol. The summed E-state index contributed by atoms with van der Waals surface area (Å²) in [7, 11) is 0. The van der Waals surface area contributed by atoms with Crippen LogP contribution in [0.4, 0.5) is 0 Å². The summed E-state index contributed by atoms with van der Waals surface area (Å²) in [4.78, 5) is 4.60. The molecule has 0 amide bonds. The van der Waals surface area contributed by atoms with Crippen LogP contribution in [0.15, 0.2) is 34.9 Å². The molecule has 0 radical (unpaired) electrons. The number of ether oxygens (including phenoxy) is 1. The molecule has 5 nitrogen and oxygen atoms in total. The third-order valence-corrected chi connectivity index (χ3v) is 4.15. The van der Waals surface area contributed by atoms with Gasteiger partial charge in [-0.2, -0.15) is 4.98 Å². The van der Waals surface area contributed by atoms with Gasteiger partial charge in [0, 0.05) is 13.1 Å². The van der Waals surface area contributed by atoms with E-state index in [-0.39, 0.29) is 11.5 Å². The molecule has 2 heterocycles. The summed E-state index contributed by atoms with van der Waals surface area (Å²) in [5.41, 5.74) is 1.24. The fraction of sp³-hybridized carbons (Fsp3) is 0.467. The maximum atomic E-state index is 5.66. The van der Waals surface area contributed by atoms with Crippen LogP contribution in [-0.4, -0.2) is 29.8 Å². The minimum atomic E-state index is -0.114. The molecule has 1 aromatic heterocycles. The Hall–Kier alpha value is -1.72. The number of nitrogens with zero attached hydrogens (tertiary/aromatic N) is 2. The molecule has 2 fully saturated rings. The minimum absolute atomic E-state index is 0.0366. The molecule has 2 aliphatic rings. The quantitative estimate of drug-likeness (QED) is 0.922. The second-order valence-electron chi connectivity index (χ2n) is 5.47. The van der Waals surface area contributed by atoms with Crippen molar-refractivity contribution < 1.29 is 9.26 Å². The summed E-state index contributed by atoms with van der Waals surface area (Å²) in [5, 5.41) is 7.48. The van der Waals surface area contributed by atoms with E-state index in [1.807, 2.05) is 6.07 Å². The van der Waals surface area contributed by atoms with Crippen LogP contribution >= 0.6 is 0 Å². The molecule has 104 valence electrons. The summed E-state index contributed by atoms with van der Waals surface area (Å²) in [6.07, 6.45) is 2.05. The lowest BCUT2D eigenvalue weighted by Crippen LogP contribution is -2.33. The first-order chi connectivity index (χ1) is 9.88. The molecule has 1 atom stereocenters. The standard InChI is InChI=1S/C15H17N3O2/c1-2-4-11(5-3-1)15(6-7-15)14-17-13(20-18-14)12-10-16-8-9-19-12/h1-5,12,16H,6-10H2. The molecule has 20 heavy (non-hydrogen) atoms. The van der Waals surface area contributed by atoms with Gasteiger partial charge in [0.15, 0.2) is 5.82 Å². The Morgan fingerprint density at radius 1 is 1.20 bits per heavy atom. The second-order valence-corrected chi connectivity index (χ2v) is 5.47. The topological polar surface area (TPSA) is 60.2 Å². The number of benzene rings is 1. The van der Waals surface area contributed by atoms with Crippen LogP contribution in [-0.2, 0) is 10.2 Å². The fourth-order valence-electron chi connectivity index (χ4n) is 2.81. The second kappa shape index (κ2) is 4.68. The number of aromatic nitrogens is 2. The summed E-state index contributed by atoms with van der Waals surface area (Å²) in [6, 6.07) is 10.4. The molecule has 5 heteroatoms. The summed E-state index contributed by atoms with van der Waals surface area (Å²) >= 11 is 0. The number of hydrogen-bond donors (Lipinski definition) is 1. The van der Waals surface area contributed by atoms with Crippen LogP contribution in [0, 0.1) is 0 Å². The molecule has 0 spiro atoms. The van der Waals surface area contributed by atoms with E-state index in [0.717, 1.165) is 31.8 Å². The summed E-state index contributed by atoms with van der Waals surface area (Å²) < 4.78 is 11.1. The Labute approximate surface area is 117 Å². The molecular weight excluding hydrogens is 254 g/mol. The first kappa shape index (κ1) is 12.1. The number of hydrogen-bond acceptors (Lipinski definition) is 5. The zero-order chi connectivity index (χ0) is 13.4. The van der Waals surface area contributed by atoms with Crippen LogP contribution in [0.25, 0.3) is 0 Å². The molecular formula is C15H17N3O2. The molecule has 1 aromatic carbocycles. The van der Waals surface area contributed by atoms with E-state index >= 15 is 0 Å². The molecule has 1 saturated carbocycles. The van der Waals surface area contributed by atoms with Crippen molar-refractivity contribution in [3.63, 3.8) is 0 Å². The van der Waals surface area contributed by atoms with Gasteiger partial charge >= 0.3 is 0 Å². The van der Waals surface area contributed by atoms with Gasteiger partial charge in [0.05, 0.1) is 12.0 Å². The number of rotatable bonds is 3. The largest absolute Gasteiger partial charge is 0.366 e. The third-order valence-electron chi connectivity index (χ3n) is 4.15. The Morgan fingerprint density at radius 2 is 2.05 bits per heavy atom. The first-order valence-electron chi connectivity index (χ1n) is 7.10. The van der Waals surface area contributed by atoms with Crippen LogP contribution in [0.2, 0.25) is 0 Å². The predicted molar refractivity (Wildman–Crippen MR) is 72.3 cm³/mol. The van der Waals surface area contributed by atoms with E-state index in [0.29, 0.717) is 12.5 Å². The van der Waals surface area contributed by atoms with Gasteiger partial charge in [0.25, 0.3) is 5.89 Å². The van der Waals surface area contributed by atoms with Gasteiger partial charge in [-0.05, 0) is 18.4 Å². The molecule has 1 aliphatic carbocycles. The molecule has 4 rings (SSSR count). The Bertz CT molecular complexity index is 586. The Morgan fingerprint density at radius 3 is 2.75 bits per heavy atom. The smallest absolute Gasteiger partial charge is 0.257 e. The summed E-state index contributed by atoms with van der Waals surface area (Å²) in [6.45, 7) is 2.30. The molecule has 1 N–H and O–H groups in total. The van der Waals surface area contributed by atoms with Crippen LogP contribution < -0.4 is 5.32 Å². The van der Waals surface area contributed by atoms with Crippen molar-refractivity contribution in [3.8, 4) is 0 Å². The molecule has 1 unspecified atom stereocenters. The highest BCUT2D eigenvalue weighted by Gasteiger charge is 2.50. The maximum absolute atomic E-state index is 5.66. The minimum Gasteiger partial charge on any atom is -0.366 e. The van der Waals surface area contributed by atoms with Gasteiger partial charge in [-0.25, -0.2) is 0 Å². The molecule has 2 aromatic rings. The maximum Gasteiger partial charge on any atom is 0.257 e. The van der Waals surface area contributed by atoms with Crippen molar-refractivity contribution in [1.82, 2.24) is 15.5 Å². The lowest BCUT2D eigenvalue weighted by atomic mass is 9.95. The predicted octanol–water partition coefficient (Wildman–Crippen LogP) is 1.81. The molecule has 1 saturated heterocycles. The Kier molecular flexibility index (Phi) is 2.82. The van der Waals surface area contributed by atoms with E-state index in [1.54, 1.807) is 0 Å². The van der Waals surface area contributed by atoms with E-state index in [2.05, 4.69) is 39.7 Å². The zero-order valence-corrected chi connectivity index (χ0v) is 11.2. The lowest BCUT2D eigenvalue weighted by Gasteiger charge is -2.20. The van der Waals surface area contributed by atoms with E-state index in [9.17, 15) is 0 Å². The van der Waals surface area contributed by atoms with Gasteiger partial charge < -0.3 is 14.6 Å². The van der Waals surface area contributed by atoms with Crippen molar-refractivity contribution in [1.29, 1.82) is 0 Å². The van der Waals surface area contributed by atoms with E-state index in [1.165, 1.54) is 5.56 Å². The van der Waals surface area contributed by atoms with E-state index in [4.69, 9.17) is 9.26 Å². The third kappa shape index (κ3) is 1.94. The highest BCUT2D eigenvalue weighted by atomic mass is 16.5. The Balaban J connectivity index is 1.62. The van der Waals surface area contributed by atoms with Crippen LogP contribution in [0.1, 0.15) is 36.2 Å². The molecule has 1 aliphatic heterocycles. The lowest BCUT2D eigenvalue weighted by molar-refractivity contribution is 0.00755. The summed E-state index contributed by atoms with van der Waals surface area (Å²) in [5.74, 6) is 1.39. The number of nitrogens with one attached hydrogen (secondary N) is 1. The van der Waals surface area contributed by atoms with Crippen LogP contribution in [0.3, 0.4) is 0 Å². The van der Waals surface area contributed by atoms with Crippen LogP contribution in [0.5, 0.6) is 0 Å². The number of morpholine rings is 1. The SMILES string of the molecule is c1ccc(C2(c3noc(C4CNCCO4)n3)CC2)cc1. The van der Waals surface area contributed by atoms with Gasteiger partial charge in [0.2, 0.25) is 0 Å². The van der Waals surface area contributed by atoms with E-state index < -0.39 is 0 Å². The highest BCUT2D eigenvalue weighted by Crippen LogP contribution is 2.52. The highest BCUT2D eigenvalue weighted by molar-refractivity contribution is 5.38. The fourth-order valence-corrected chi connectivity index (χ4v) is 2.81. The van der Waals surface area contributed by atoms with Crippen molar-refractivity contribution in [2.45, 2.75) is 24.4 Å². The van der Waals surface area contributed by atoms with Crippen molar-refractivity contribution >= 4 is 0 Å². The van der Waals surface area contributed by atoms with Crippen molar-refractivity contribution in [2.75, 3.05) is 19.7 Å². The van der Waals surface area contributed by atoms with Gasteiger partial charge in [-0.15, -0.1) is 0 Å². The van der Waals surface area contributed by atoms with Crippen molar-refractivity contribution in [2.24, 2.45) is 0 Å². The zero-order valence-electron chi connectivity index (χ0n) is 11.2. The van der Waals surface area contributed by atoms with Gasteiger partial charge in [-0.3, -0.25) is 0 Å². The average molecular weight is 271 g/mol. The average Bonchev–Trinajstić information content (AvgIpc) is 3.19. The normalized spacial score (nSPS) is 24.5. The van der Waals surface area contributed by atoms with Gasteiger partial charge in [0.1, 0.15) is 6.10 Å². The first-order valence-corrected chi connectivity index (χ1v) is 7.10. The molecule has 0 bridgehead atoms. The van der Waals surface area contributed by atoms with Gasteiger partial charge in [-0.1, -0.05) is 35.5 Å².